The van der Waals surface area contributed by atoms with Gasteiger partial charge in [-0.2, -0.15) is 0 Å². The summed E-state index contributed by atoms with van der Waals surface area (Å²) in [6.45, 7) is 1.83. The van der Waals surface area contributed by atoms with Crippen LogP contribution in [0.25, 0.3) is 0 Å². The minimum Gasteiger partial charge on any atom is -0.493 e. The predicted molar refractivity (Wildman–Crippen MR) is 91.5 cm³/mol. The molecule has 7 heteroatoms. The maximum atomic E-state index is 12.0. The molecule has 0 aliphatic carbocycles. The van der Waals surface area contributed by atoms with Gasteiger partial charge in [-0.1, -0.05) is 6.07 Å². The minimum atomic E-state index is -0.289. The molecule has 0 aliphatic rings. The van der Waals surface area contributed by atoms with E-state index in [1.807, 2.05) is 19.1 Å². The van der Waals surface area contributed by atoms with Crippen molar-refractivity contribution in [3.05, 3.63) is 45.1 Å². The Morgan fingerprint density at radius 1 is 1.27 bits per heavy atom. The standard InChI is InChI=1S/C15H14Br2N2O3/c1-9-3-4-12(13(5-9)21-2)22-8-14(20)19-11-6-10(16)7-18-15(11)17/h3-7H,8H2,1-2H3,(H,19,20). The number of aryl methyl sites for hydroxylation is 1. The molecule has 5 nitrogen and oxygen atoms in total. The Kier molecular flexibility index (Phi) is 5.79. The zero-order valence-corrected chi connectivity index (χ0v) is 15.2. The first-order chi connectivity index (χ1) is 10.5. The number of carbonyl (C=O) groups excluding carboxylic acids is 1. The molecule has 0 bridgehead atoms. The molecule has 1 amide bonds. The molecule has 0 saturated heterocycles. The van der Waals surface area contributed by atoms with Crippen molar-refractivity contribution in [3.63, 3.8) is 0 Å². The topological polar surface area (TPSA) is 60.5 Å². The fourth-order valence-corrected chi connectivity index (χ4v) is 2.38. The number of hydrogen-bond donors (Lipinski definition) is 1. The van der Waals surface area contributed by atoms with Gasteiger partial charge >= 0.3 is 0 Å². The number of ether oxygens (including phenoxy) is 2. The number of benzene rings is 1. The third-order valence-corrected chi connectivity index (χ3v) is 3.82. The van der Waals surface area contributed by atoms with Gasteiger partial charge in [-0.15, -0.1) is 0 Å². The van der Waals surface area contributed by atoms with Gasteiger partial charge in [0, 0.05) is 10.7 Å². The molecule has 0 unspecified atom stereocenters. The average Bonchev–Trinajstić information content (AvgIpc) is 2.49. The van der Waals surface area contributed by atoms with E-state index in [0.29, 0.717) is 21.8 Å². The fourth-order valence-electron chi connectivity index (χ4n) is 1.73. The lowest BCUT2D eigenvalue weighted by atomic mass is 10.2. The lowest BCUT2D eigenvalue weighted by Crippen LogP contribution is -2.20. The number of nitrogens with one attached hydrogen (secondary N) is 1. The highest BCUT2D eigenvalue weighted by atomic mass is 79.9. The van der Waals surface area contributed by atoms with Crippen molar-refractivity contribution in [1.29, 1.82) is 0 Å². The van der Waals surface area contributed by atoms with Crippen LogP contribution in [0.2, 0.25) is 0 Å². The monoisotopic (exact) mass is 428 g/mol. The van der Waals surface area contributed by atoms with Crippen LogP contribution in [0.4, 0.5) is 5.69 Å². The second kappa shape index (κ2) is 7.60. The highest BCUT2D eigenvalue weighted by Gasteiger charge is 2.10. The molecule has 0 atom stereocenters. The first-order valence-electron chi connectivity index (χ1n) is 6.38. The van der Waals surface area contributed by atoms with Gasteiger partial charge in [0.2, 0.25) is 0 Å². The van der Waals surface area contributed by atoms with Crippen LogP contribution in [0.1, 0.15) is 5.56 Å². The molecule has 1 heterocycles. The average molecular weight is 430 g/mol. The summed E-state index contributed by atoms with van der Waals surface area (Å²) in [6, 6.07) is 7.27. The molecule has 1 N–H and O–H groups in total. The number of pyridine rings is 1. The largest absolute Gasteiger partial charge is 0.493 e. The Morgan fingerprint density at radius 2 is 2.05 bits per heavy atom. The second-order valence-electron chi connectivity index (χ2n) is 4.48. The minimum absolute atomic E-state index is 0.127. The van der Waals surface area contributed by atoms with E-state index in [2.05, 4.69) is 42.2 Å². The van der Waals surface area contributed by atoms with E-state index in [0.717, 1.165) is 10.0 Å². The van der Waals surface area contributed by atoms with E-state index in [1.54, 1.807) is 25.4 Å². The van der Waals surface area contributed by atoms with Crippen molar-refractivity contribution in [3.8, 4) is 11.5 Å². The normalized spacial score (nSPS) is 10.2. The smallest absolute Gasteiger partial charge is 0.262 e. The van der Waals surface area contributed by atoms with Crippen molar-refractivity contribution < 1.29 is 14.3 Å². The van der Waals surface area contributed by atoms with Crippen LogP contribution in [0.15, 0.2) is 39.5 Å². The van der Waals surface area contributed by atoms with Gasteiger partial charge in [0.25, 0.3) is 5.91 Å². The van der Waals surface area contributed by atoms with Crippen molar-refractivity contribution in [2.24, 2.45) is 0 Å². The third-order valence-electron chi connectivity index (χ3n) is 2.76. The predicted octanol–water partition coefficient (Wildman–Crippen LogP) is 3.94. The number of methoxy groups -OCH3 is 1. The van der Waals surface area contributed by atoms with Crippen LogP contribution in [-0.2, 0) is 4.79 Å². The number of amides is 1. The summed E-state index contributed by atoms with van der Waals surface area (Å²) in [6.07, 6.45) is 1.63. The van der Waals surface area contributed by atoms with Crippen LogP contribution >= 0.6 is 31.9 Å². The van der Waals surface area contributed by atoms with Crippen molar-refractivity contribution >= 4 is 43.5 Å². The highest BCUT2D eigenvalue weighted by molar-refractivity contribution is 9.11. The lowest BCUT2D eigenvalue weighted by molar-refractivity contribution is -0.118. The Labute approximate surface area is 145 Å². The molecule has 0 fully saturated rings. The van der Waals surface area contributed by atoms with Gasteiger partial charge in [0.1, 0.15) is 4.60 Å². The Morgan fingerprint density at radius 3 is 2.77 bits per heavy atom. The number of aromatic nitrogens is 1. The number of anilines is 1. The first-order valence-corrected chi connectivity index (χ1v) is 7.96. The van der Waals surface area contributed by atoms with Crippen LogP contribution < -0.4 is 14.8 Å². The molecule has 2 aromatic rings. The van der Waals surface area contributed by atoms with E-state index in [1.165, 1.54) is 0 Å². The molecule has 0 spiro atoms. The molecule has 1 aromatic heterocycles. The zero-order chi connectivity index (χ0) is 16.1. The Bertz CT molecular complexity index is 692. The second-order valence-corrected chi connectivity index (χ2v) is 6.15. The number of halogens is 2. The summed E-state index contributed by atoms with van der Waals surface area (Å²) < 4.78 is 12.1. The van der Waals surface area contributed by atoms with Gasteiger partial charge < -0.3 is 14.8 Å². The maximum Gasteiger partial charge on any atom is 0.262 e. The van der Waals surface area contributed by atoms with Gasteiger partial charge in [-0.25, -0.2) is 4.98 Å². The fraction of sp³-hybridized carbons (Fsp3) is 0.200. The molecule has 0 saturated carbocycles. The summed E-state index contributed by atoms with van der Waals surface area (Å²) >= 11 is 6.58. The van der Waals surface area contributed by atoms with E-state index in [-0.39, 0.29) is 12.5 Å². The molecule has 22 heavy (non-hydrogen) atoms. The summed E-state index contributed by atoms with van der Waals surface area (Å²) in [7, 11) is 1.56. The van der Waals surface area contributed by atoms with E-state index < -0.39 is 0 Å². The van der Waals surface area contributed by atoms with E-state index in [9.17, 15) is 4.79 Å². The van der Waals surface area contributed by atoms with Gasteiger partial charge in [-0.05, 0) is 62.5 Å². The summed E-state index contributed by atoms with van der Waals surface area (Å²) in [4.78, 5) is 16.1. The van der Waals surface area contributed by atoms with Gasteiger partial charge in [0.15, 0.2) is 18.1 Å². The summed E-state index contributed by atoms with van der Waals surface area (Å²) in [5, 5.41) is 2.73. The van der Waals surface area contributed by atoms with Crippen molar-refractivity contribution in [1.82, 2.24) is 4.98 Å². The first kappa shape index (κ1) is 16.8. The highest BCUT2D eigenvalue weighted by Crippen LogP contribution is 2.28. The maximum absolute atomic E-state index is 12.0. The molecular formula is C15H14Br2N2O3. The molecule has 2 rings (SSSR count). The molecular weight excluding hydrogens is 416 g/mol. The van der Waals surface area contributed by atoms with Crippen LogP contribution in [0, 0.1) is 6.92 Å². The molecule has 1 aromatic carbocycles. The Balaban J connectivity index is 2.00. The number of nitrogens with zero attached hydrogens (tertiary/aromatic N) is 1. The van der Waals surface area contributed by atoms with Crippen LogP contribution in [0.3, 0.4) is 0 Å². The van der Waals surface area contributed by atoms with Crippen LogP contribution in [-0.4, -0.2) is 24.6 Å². The van der Waals surface area contributed by atoms with Crippen LogP contribution in [0.5, 0.6) is 11.5 Å². The Hall–Kier alpha value is -1.60. The SMILES string of the molecule is COc1cc(C)ccc1OCC(=O)Nc1cc(Br)cnc1Br. The molecule has 0 aliphatic heterocycles. The van der Waals surface area contributed by atoms with Crippen molar-refractivity contribution in [2.75, 3.05) is 19.0 Å². The number of hydrogen-bond acceptors (Lipinski definition) is 4. The number of rotatable bonds is 5. The quantitative estimate of drug-likeness (QED) is 0.731. The van der Waals surface area contributed by atoms with Gasteiger partial charge in [0.05, 0.1) is 12.8 Å². The lowest BCUT2D eigenvalue weighted by Gasteiger charge is -2.12. The van der Waals surface area contributed by atoms with Gasteiger partial charge in [-0.3, -0.25) is 4.79 Å². The number of carbonyl (C=O) groups is 1. The van der Waals surface area contributed by atoms with E-state index >= 15 is 0 Å². The zero-order valence-electron chi connectivity index (χ0n) is 12.0. The summed E-state index contributed by atoms with van der Waals surface area (Å²) in [5.41, 5.74) is 1.62. The van der Waals surface area contributed by atoms with Crippen molar-refractivity contribution in [2.45, 2.75) is 6.92 Å². The summed E-state index contributed by atoms with van der Waals surface area (Å²) in [5.74, 6) is 0.830. The van der Waals surface area contributed by atoms with E-state index in [4.69, 9.17) is 9.47 Å². The molecule has 116 valence electrons. The third kappa shape index (κ3) is 4.45. The molecule has 0 radical (unpaired) electrons.